The molecule has 1 heterocycles. The lowest BCUT2D eigenvalue weighted by molar-refractivity contribution is -0.118. The van der Waals surface area contributed by atoms with E-state index >= 15 is 0 Å². The van der Waals surface area contributed by atoms with Crippen LogP contribution in [0.4, 0.5) is 0 Å². The van der Waals surface area contributed by atoms with Crippen molar-refractivity contribution in [3.8, 4) is 11.5 Å². The van der Waals surface area contributed by atoms with E-state index < -0.39 is 0 Å². The number of nitrogens with zero attached hydrogens (tertiary/aromatic N) is 2. The second-order valence-corrected chi connectivity index (χ2v) is 6.66. The Morgan fingerprint density at radius 2 is 2.25 bits per heavy atom. The van der Waals surface area contributed by atoms with Crippen LogP contribution in [0.5, 0.6) is 0 Å². The molecule has 24 heavy (non-hydrogen) atoms. The van der Waals surface area contributed by atoms with Crippen molar-refractivity contribution in [3.05, 3.63) is 29.3 Å². The molecule has 0 unspecified atom stereocenters. The number of amides is 1. The lowest BCUT2D eigenvalue weighted by atomic mass is 10.2. The number of ether oxygens (including phenoxy) is 1. The van der Waals surface area contributed by atoms with E-state index in [0.717, 1.165) is 12.0 Å². The first kappa shape index (κ1) is 18.8. The average Bonchev–Trinajstić information content (AvgIpc) is 3.01. The quantitative estimate of drug-likeness (QED) is 0.539. The number of carbonyl (C=O) groups excluding carboxylic acids is 1. The van der Waals surface area contributed by atoms with Gasteiger partial charge in [0.25, 0.3) is 5.22 Å². The molecule has 0 radical (unpaired) electrons. The van der Waals surface area contributed by atoms with Gasteiger partial charge < -0.3 is 14.5 Å². The lowest BCUT2D eigenvalue weighted by Gasteiger charge is -2.07. The minimum atomic E-state index is -0.0768. The van der Waals surface area contributed by atoms with Crippen molar-refractivity contribution in [2.45, 2.75) is 31.6 Å². The summed E-state index contributed by atoms with van der Waals surface area (Å²) in [5, 5.41) is 11.7. The zero-order valence-electron chi connectivity index (χ0n) is 13.6. The molecule has 0 fully saturated rings. The van der Waals surface area contributed by atoms with E-state index in [1.807, 2.05) is 26.0 Å². The highest BCUT2D eigenvalue weighted by Gasteiger charge is 2.11. The fourth-order valence-corrected chi connectivity index (χ4v) is 2.59. The molecule has 0 aliphatic carbocycles. The minimum Gasteiger partial charge on any atom is -0.411 e. The third-order valence-electron chi connectivity index (χ3n) is 2.90. The molecule has 0 bridgehead atoms. The number of rotatable bonds is 9. The summed E-state index contributed by atoms with van der Waals surface area (Å²) in [6, 6.07) is 7.16. The standard InChI is InChI=1S/C16H20ClN3O3S/c1-11(2)22-8-4-7-18-14(21)10-24-16-20-19-15(23-16)12-5-3-6-13(17)9-12/h3,5-6,9,11H,4,7-8,10H2,1-2H3,(H,18,21). The summed E-state index contributed by atoms with van der Waals surface area (Å²) in [5.41, 5.74) is 0.747. The van der Waals surface area contributed by atoms with Crippen LogP contribution in [0.1, 0.15) is 20.3 Å². The first-order valence-corrected chi connectivity index (χ1v) is 9.01. The molecule has 1 N–H and O–H groups in total. The predicted octanol–water partition coefficient (Wildman–Crippen LogP) is 3.41. The molecule has 0 saturated carbocycles. The molecule has 6 nitrogen and oxygen atoms in total. The topological polar surface area (TPSA) is 77.2 Å². The van der Waals surface area contributed by atoms with Crippen LogP contribution >= 0.6 is 23.4 Å². The molecule has 0 saturated heterocycles. The monoisotopic (exact) mass is 369 g/mol. The zero-order valence-corrected chi connectivity index (χ0v) is 15.2. The Bertz CT molecular complexity index is 664. The fraction of sp³-hybridized carbons (Fsp3) is 0.438. The normalized spacial score (nSPS) is 11.0. The predicted molar refractivity (Wildman–Crippen MR) is 94.2 cm³/mol. The number of carbonyl (C=O) groups is 1. The molecule has 130 valence electrons. The molecule has 0 atom stereocenters. The smallest absolute Gasteiger partial charge is 0.277 e. The Kier molecular flexibility index (Phi) is 7.55. The van der Waals surface area contributed by atoms with Crippen LogP contribution in [0.25, 0.3) is 11.5 Å². The molecule has 2 aromatic rings. The molecule has 0 spiro atoms. The van der Waals surface area contributed by atoms with E-state index in [-0.39, 0.29) is 17.8 Å². The van der Waals surface area contributed by atoms with Gasteiger partial charge in [-0.2, -0.15) is 0 Å². The van der Waals surface area contributed by atoms with Gasteiger partial charge in [-0.15, -0.1) is 10.2 Å². The number of hydrogen-bond donors (Lipinski definition) is 1. The number of nitrogens with one attached hydrogen (secondary N) is 1. The van der Waals surface area contributed by atoms with Crippen molar-refractivity contribution in [2.75, 3.05) is 18.9 Å². The summed E-state index contributed by atoms with van der Waals surface area (Å²) < 4.78 is 10.9. The van der Waals surface area contributed by atoms with Crippen molar-refractivity contribution in [1.29, 1.82) is 0 Å². The van der Waals surface area contributed by atoms with Gasteiger partial charge in [-0.3, -0.25) is 4.79 Å². The fourth-order valence-electron chi connectivity index (χ4n) is 1.80. The van der Waals surface area contributed by atoms with E-state index in [1.54, 1.807) is 12.1 Å². The minimum absolute atomic E-state index is 0.0768. The van der Waals surface area contributed by atoms with Crippen LogP contribution in [-0.4, -0.2) is 41.1 Å². The van der Waals surface area contributed by atoms with Crippen molar-refractivity contribution < 1.29 is 13.9 Å². The van der Waals surface area contributed by atoms with E-state index in [9.17, 15) is 4.79 Å². The van der Waals surface area contributed by atoms with Gasteiger partial charge >= 0.3 is 0 Å². The molecule has 0 aliphatic rings. The van der Waals surface area contributed by atoms with Crippen LogP contribution in [0, 0.1) is 0 Å². The van der Waals surface area contributed by atoms with Crippen molar-refractivity contribution in [3.63, 3.8) is 0 Å². The molecule has 2 rings (SSSR count). The number of aromatic nitrogens is 2. The largest absolute Gasteiger partial charge is 0.411 e. The molecule has 1 aromatic carbocycles. The number of hydrogen-bond acceptors (Lipinski definition) is 6. The Morgan fingerprint density at radius 3 is 3.00 bits per heavy atom. The third-order valence-corrected chi connectivity index (χ3v) is 3.95. The van der Waals surface area contributed by atoms with Gasteiger partial charge in [0.05, 0.1) is 11.9 Å². The summed E-state index contributed by atoms with van der Waals surface area (Å²) >= 11 is 7.14. The number of halogens is 1. The molecule has 8 heteroatoms. The van der Waals surface area contributed by atoms with Crippen LogP contribution in [0.3, 0.4) is 0 Å². The van der Waals surface area contributed by atoms with Gasteiger partial charge in [0, 0.05) is 23.7 Å². The van der Waals surface area contributed by atoms with E-state index in [2.05, 4.69) is 15.5 Å². The summed E-state index contributed by atoms with van der Waals surface area (Å²) in [5.74, 6) is 0.528. The van der Waals surface area contributed by atoms with Crippen LogP contribution in [0.15, 0.2) is 33.9 Å². The van der Waals surface area contributed by atoms with Gasteiger partial charge in [-0.1, -0.05) is 29.4 Å². The first-order valence-electron chi connectivity index (χ1n) is 7.65. The highest BCUT2D eigenvalue weighted by Crippen LogP contribution is 2.24. The summed E-state index contributed by atoms with van der Waals surface area (Å²) in [6.07, 6.45) is 0.996. The second-order valence-electron chi connectivity index (χ2n) is 5.30. The van der Waals surface area contributed by atoms with Gasteiger partial charge in [-0.05, 0) is 38.5 Å². The second kappa shape index (κ2) is 9.66. The zero-order chi connectivity index (χ0) is 17.4. The number of thioether (sulfide) groups is 1. The molecule has 0 aliphatic heterocycles. The molecular formula is C16H20ClN3O3S. The van der Waals surface area contributed by atoms with Crippen molar-refractivity contribution >= 4 is 29.3 Å². The van der Waals surface area contributed by atoms with Crippen molar-refractivity contribution in [2.24, 2.45) is 0 Å². The molecule has 1 aromatic heterocycles. The van der Waals surface area contributed by atoms with Crippen molar-refractivity contribution in [1.82, 2.24) is 15.5 Å². The Labute approximate surface area is 150 Å². The van der Waals surface area contributed by atoms with Gasteiger partial charge in [0.1, 0.15) is 0 Å². The van der Waals surface area contributed by atoms with Crippen LogP contribution < -0.4 is 5.32 Å². The maximum absolute atomic E-state index is 11.8. The van der Waals surface area contributed by atoms with E-state index in [4.69, 9.17) is 20.8 Å². The highest BCUT2D eigenvalue weighted by atomic mass is 35.5. The summed E-state index contributed by atoms with van der Waals surface area (Å²) in [7, 11) is 0. The Hall–Kier alpha value is -1.57. The van der Waals surface area contributed by atoms with Crippen LogP contribution in [-0.2, 0) is 9.53 Å². The van der Waals surface area contributed by atoms with Crippen LogP contribution in [0.2, 0.25) is 5.02 Å². The van der Waals surface area contributed by atoms with Gasteiger partial charge in [0.15, 0.2) is 0 Å². The van der Waals surface area contributed by atoms with Gasteiger partial charge in [0.2, 0.25) is 11.8 Å². The lowest BCUT2D eigenvalue weighted by Crippen LogP contribution is -2.27. The van der Waals surface area contributed by atoms with E-state index in [1.165, 1.54) is 11.8 Å². The Balaban J connectivity index is 1.72. The highest BCUT2D eigenvalue weighted by molar-refractivity contribution is 7.99. The average molecular weight is 370 g/mol. The molecule has 1 amide bonds. The summed E-state index contributed by atoms with van der Waals surface area (Å²) in [6.45, 7) is 5.19. The maximum atomic E-state index is 11.8. The number of benzene rings is 1. The third kappa shape index (κ3) is 6.51. The Morgan fingerprint density at radius 1 is 1.42 bits per heavy atom. The SMILES string of the molecule is CC(C)OCCCNC(=O)CSc1nnc(-c2cccc(Cl)c2)o1. The molecular weight excluding hydrogens is 350 g/mol. The van der Waals surface area contributed by atoms with E-state index in [0.29, 0.717) is 29.3 Å². The maximum Gasteiger partial charge on any atom is 0.277 e. The van der Waals surface area contributed by atoms with Gasteiger partial charge in [-0.25, -0.2) is 0 Å². The first-order chi connectivity index (χ1) is 11.5. The summed E-state index contributed by atoms with van der Waals surface area (Å²) in [4.78, 5) is 11.8.